The van der Waals surface area contributed by atoms with Gasteiger partial charge in [0.15, 0.2) is 0 Å². The summed E-state index contributed by atoms with van der Waals surface area (Å²) >= 11 is 0. The number of rotatable bonds is 9. The molecule has 1 atom stereocenters. The topological polar surface area (TPSA) is 50.5 Å². The predicted octanol–water partition coefficient (Wildman–Crippen LogP) is 6.20. The van der Waals surface area contributed by atoms with Gasteiger partial charge in [-0.1, -0.05) is 36.4 Å². The van der Waals surface area contributed by atoms with Crippen LogP contribution < -0.4 is 4.74 Å². The van der Waals surface area contributed by atoms with Gasteiger partial charge in [-0.3, -0.25) is 4.90 Å². The van der Waals surface area contributed by atoms with Crippen molar-refractivity contribution in [1.82, 2.24) is 14.7 Å². The van der Waals surface area contributed by atoms with Crippen molar-refractivity contribution in [2.45, 2.75) is 39.5 Å². The molecule has 0 spiro atoms. The molecule has 0 unspecified atom stereocenters. The molecule has 0 aliphatic carbocycles. The second-order valence-corrected chi connectivity index (χ2v) is 8.77. The molecule has 0 bridgehead atoms. The average molecular weight is 478 g/mol. The quantitative estimate of drug-likeness (QED) is 0.312. The fourth-order valence-electron chi connectivity index (χ4n) is 3.89. The van der Waals surface area contributed by atoms with Crippen molar-refractivity contribution in [1.29, 1.82) is 0 Å². The summed E-state index contributed by atoms with van der Waals surface area (Å²) < 4.78 is 35.2. The van der Waals surface area contributed by atoms with E-state index in [1.54, 1.807) is 28.9 Å². The zero-order valence-electron chi connectivity index (χ0n) is 20.0. The fourth-order valence-corrected chi connectivity index (χ4v) is 3.89. The Labute approximate surface area is 204 Å². The monoisotopic (exact) mass is 477 g/mol. The van der Waals surface area contributed by atoms with E-state index in [2.05, 4.69) is 23.8 Å². The van der Waals surface area contributed by atoms with Gasteiger partial charge in [-0.05, 0) is 62.7 Å². The van der Waals surface area contributed by atoms with Gasteiger partial charge in [-0.15, -0.1) is 0 Å². The first kappa shape index (κ1) is 24.6. The Bertz CT molecular complexity index is 1260. The number of halogens is 2. The van der Waals surface area contributed by atoms with Crippen molar-refractivity contribution in [3.8, 4) is 17.3 Å². The van der Waals surface area contributed by atoms with Crippen LogP contribution in [0.25, 0.3) is 5.69 Å². The lowest BCUT2D eigenvalue weighted by Gasteiger charge is -2.29. The molecule has 182 valence electrons. The Balaban J connectivity index is 1.71. The van der Waals surface area contributed by atoms with E-state index in [0.29, 0.717) is 30.4 Å². The molecule has 1 heterocycles. The van der Waals surface area contributed by atoms with E-state index in [1.807, 2.05) is 37.3 Å². The summed E-state index contributed by atoms with van der Waals surface area (Å²) in [5.41, 5.74) is 2.98. The lowest BCUT2D eigenvalue weighted by atomic mass is 10.1. The number of benzene rings is 3. The maximum Gasteiger partial charge on any atom is 0.227 e. The SMILES string of the molecule is Cc1nn(-c2ccc(F)cc2)c(Oc2cccc(F)c2)c1CN(C[C@H](O)c1ccccc1)C(C)C. The van der Waals surface area contributed by atoms with Crippen LogP contribution in [0, 0.1) is 18.6 Å². The summed E-state index contributed by atoms with van der Waals surface area (Å²) in [6, 6.07) is 21.5. The van der Waals surface area contributed by atoms with Crippen molar-refractivity contribution in [2.24, 2.45) is 0 Å². The highest BCUT2D eigenvalue weighted by atomic mass is 19.1. The summed E-state index contributed by atoms with van der Waals surface area (Å²) in [7, 11) is 0. The normalized spacial score (nSPS) is 12.3. The number of hydrogen-bond donors (Lipinski definition) is 1. The minimum atomic E-state index is -0.668. The highest BCUT2D eigenvalue weighted by Gasteiger charge is 2.24. The van der Waals surface area contributed by atoms with Crippen molar-refractivity contribution >= 4 is 0 Å². The Kier molecular flexibility index (Phi) is 7.58. The van der Waals surface area contributed by atoms with Crippen molar-refractivity contribution < 1.29 is 18.6 Å². The molecule has 0 saturated carbocycles. The van der Waals surface area contributed by atoms with E-state index in [1.165, 1.54) is 24.3 Å². The smallest absolute Gasteiger partial charge is 0.227 e. The van der Waals surface area contributed by atoms with Gasteiger partial charge >= 0.3 is 0 Å². The molecule has 1 N–H and O–H groups in total. The van der Waals surface area contributed by atoms with Gasteiger partial charge in [-0.25, -0.2) is 13.5 Å². The average Bonchev–Trinajstić information content (AvgIpc) is 3.14. The number of aliphatic hydroxyl groups excluding tert-OH is 1. The van der Waals surface area contributed by atoms with Gasteiger partial charge < -0.3 is 9.84 Å². The number of nitrogens with zero attached hydrogens (tertiary/aromatic N) is 3. The second kappa shape index (κ2) is 10.8. The Morgan fingerprint density at radius 3 is 2.31 bits per heavy atom. The molecule has 4 rings (SSSR count). The van der Waals surface area contributed by atoms with Gasteiger partial charge in [0.25, 0.3) is 0 Å². The molecule has 5 nitrogen and oxygen atoms in total. The van der Waals surface area contributed by atoms with E-state index in [4.69, 9.17) is 4.74 Å². The van der Waals surface area contributed by atoms with Gasteiger partial charge in [0, 0.05) is 25.2 Å². The van der Waals surface area contributed by atoms with E-state index in [-0.39, 0.29) is 11.9 Å². The number of aryl methyl sites for hydroxylation is 1. The third-order valence-electron chi connectivity index (χ3n) is 5.90. The van der Waals surface area contributed by atoms with Crippen LogP contribution in [0.4, 0.5) is 8.78 Å². The molecular weight excluding hydrogens is 448 g/mol. The molecule has 0 radical (unpaired) electrons. The third-order valence-corrected chi connectivity index (χ3v) is 5.90. The summed E-state index contributed by atoms with van der Waals surface area (Å²) in [4.78, 5) is 2.13. The molecular formula is C28H29F2N3O2. The number of ether oxygens (including phenoxy) is 1. The Hall–Kier alpha value is -3.55. The number of hydrogen-bond acceptors (Lipinski definition) is 4. The summed E-state index contributed by atoms with van der Waals surface area (Å²) in [6.45, 7) is 6.84. The number of aromatic nitrogens is 2. The molecule has 4 aromatic rings. The van der Waals surface area contributed by atoms with Crippen molar-refractivity contribution in [3.05, 3.63) is 107 Å². The molecule has 0 aliphatic heterocycles. The van der Waals surface area contributed by atoms with E-state index in [9.17, 15) is 13.9 Å². The summed E-state index contributed by atoms with van der Waals surface area (Å²) in [6.07, 6.45) is -0.668. The molecule has 35 heavy (non-hydrogen) atoms. The Morgan fingerprint density at radius 1 is 0.943 bits per heavy atom. The highest BCUT2D eigenvalue weighted by molar-refractivity contribution is 5.43. The van der Waals surface area contributed by atoms with Crippen molar-refractivity contribution in [3.63, 3.8) is 0 Å². The zero-order valence-corrected chi connectivity index (χ0v) is 20.0. The molecule has 0 amide bonds. The standard InChI is InChI=1S/C28H29F2N3O2/c1-19(2)32(18-27(34)21-8-5-4-6-9-21)17-26-20(3)31-33(24-14-12-22(29)13-15-24)28(26)35-25-11-7-10-23(30)16-25/h4-16,19,27,34H,17-18H2,1-3H3/t27-/m0/s1. The van der Waals surface area contributed by atoms with Crippen LogP contribution in [0.15, 0.2) is 78.9 Å². The number of aliphatic hydroxyl groups is 1. The molecule has 7 heteroatoms. The second-order valence-electron chi connectivity index (χ2n) is 8.77. The minimum absolute atomic E-state index is 0.115. The molecule has 0 saturated heterocycles. The summed E-state index contributed by atoms with van der Waals surface area (Å²) in [5, 5.41) is 15.5. The first-order chi connectivity index (χ1) is 16.8. The minimum Gasteiger partial charge on any atom is -0.438 e. The van der Waals surface area contributed by atoms with E-state index in [0.717, 1.165) is 16.8 Å². The van der Waals surface area contributed by atoms with Crippen LogP contribution in [0.2, 0.25) is 0 Å². The van der Waals surface area contributed by atoms with Gasteiger partial charge in [0.1, 0.15) is 17.4 Å². The van der Waals surface area contributed by atoms with Crippen LogP contribution in [0.1, 0.15) is 36.8 Å². The lowest BCUT2D eigenvalue weighted by molar-refractivity contribution is 0.0902. The van der Waals surface area contributed by atoms with Crippen LogP contribution in [-0.4, -0.2) is 32.4 Å². The van der Waals surface area contributed by atoms with Crippen LogP contribution in [0.5, 0.6) is 11.6 Å². The van der Waals surface area contributed by atoms with Crippen LogP contribution in [-0.2, 0) is 6.54 Å². The van der Waals surface area contributed by atoms with Gasteiger partial charge in [-0.2, -0.15) is 5.10 Å². The highest BCUT2D eigenvalue weighted by Crippen LogP contribution is 2.33. The third kappa shape index (κ3) is 5.93. The molecule has 3 aromatic carbocycles. The van der Waals surface area contributed by atoms with E-state index < -0.39 is 11.9 Å². The van der Waals surface area contributed by atoms with E-state index >= 15 is 0 Å². The molecule has 1 aromatic heterocycles. The first-order valence-corrected chi connectivity index (χ1v) is 11.6. The first-order valence-electron chi connectivity index (χ1n) is 11.6. The summed E-state index contributed by atoms with van der Waals surface area (Å²) in [5.74, 6) is -0.0239. The zero-order chi connectivity index (χ0) is 24.9. The van der Waals surface area contributed by atoms with Crippen molar-refractivity contribution in [2.75, 3.05) is 6.54 Å². The largest absolute Gasteiger partial charge is 0.438 e. The van der Waals surface area contributed by atoms with Gasteiger partial charge in [0.2, 0.25) is 5.88 Å². The van der Waals surface area contributed by atoms with Crippen LogP contribution >= 0.6 is 0 Å². The maximum atomic E-state index is 13.9. The Morgan fingerprint density at radius 2 is 1.66 bits per heavy atom. The molecule has 0 fully saturated rings. The maximum absolute atomic E-state index is 13.9. The van der Waals surface area contributed by atoms with Crippen LogP contribution in [0.3, 0.4) is 0 Å². The lowest BCUT2D eigenvalue weighted by Crippen LogP contribution is -2.34. The predicted molar refractivity (Wildman–Crippen MR) is 132 cm³/mol. The fraction of sp³-hybridized carbons (Fsp3) is 0.250. The van der Waals surface area contributed by atoms with Gasteiger partial charge in [0.05, 0.1) is 23.0 Å². The molecule has 0 aliphatic rings.